The molecule has 1 aromatic carbocycles. The number of carbonyl (C=O) groups is 2. The van der Waals surface area contributed by atoms with Crippen LogP contribution in [0.5, 0.6) is 0 Å². The predicted molar refractivity (Wildman–Crippen MR) is 122 cm³/mol. The number of nitrogens with zero attached hydrogens (tertiary/aromatic N) is 4. The number of carbonyl (C=O) groups excluding carboxylic acids is 2. The highest BCUT2D eigenvalue weighted by atomic mass is 32.1. The van der Waals surface area contributed by atoms with Gasteiger partial charge in [-0.1, -0.05) is 12.1 Å². The fraction of sp³-hybridized carbons (Fsp3) is 0.591. The lowest BCUT2D eigenvalue weighted by atomic mass is 10.1. The lowest BCUT2D eigenvalue weighted by Gasteiger charge is -2.36. The van der Waals surface area contributed by atoms with Crippen LogP contribution < -0.4 is 5.32 Å². The molecule has 1 atom stereocenters. The summed E-state index contributed by atoms with van der Waals surface area (Å²) in [6, 6.07) is 8.20. The molecule has 0 unspecified atom stereocenters. The molecular formula is C22H33N5O2S. The van der Waals surface area contributed by atoms with Crippen LogP contribution >= 0.6 is 11.3 Å². The number of aromatic nitrogens is 1. The minimum absolute atomic E-state index is 0.0340. The molecule has 0 spiro atoms. The molecule has 0 bridgehead atoms. The molecule has 1 fully saturated rings. The standard InChI is InChI=1S/C22H33N5O2S/c1-16(21-23-17-8-6-7-9-18(17)30-21)25(5)15-20(29)27-12-10-26(11-13-27)14-19(28)24-22(2,3)4/h6-9,16H,10-15H2,1-5H3,(H,24,28)/t16-/m1/s1. The van der Waals surface area contributed by atoms with Crippen molar-refractivity contribution >= 4 is 33.4 Å². The van der Waals surface area contributed by atoms with Gasteiger partial charge in [-0.25, -0.2) is 4.98 Å². The Kier molecular flexibility index (Phi) is 7.10. The Labute approximate surface area is 183 Å². The van der Waals surface area contributed by atoms with Gasteiger partial charge in [-0.15, -0.1) is 11.3 Å². The van der Waals surface area contributed by atoms with Gasteiger partial charge in [0, 0.05) is 31.7 Å². The minimum Gasteiger partial charge on any atom is -0.350 e. The van der Waals surface area contributed by atoms with Crippen LogP contribution in [-0.4, -0.2) is 83.4 Å². The van der Waals surface area contributed by atoms with Crippen molar-refractivity contribution in [3.63, 3.8) is 0 Å². The number of amides is 2. The average molecular weight is 432 g/mol. The predicted octanol–water partition coefficient (Wildman–Crippen LogP) is 2.35. The van der Waals surface area contributed by atoms with Crippen LogP contribution in [0.4, 0.5) is 0 Å². The van der Waals surface area contributed by atoms with Gasteiger partial charge < -0.3 is 10.2 Å². The summed E-state index contributed by atoms with van der Waals surface area (Å²) in [5.41, 5.74) is 0.787. The number of benzene rings is 1. The molecule has 0 aliphatic carbocycles. The third-order valence-electron chi connectivity index (χ3n) is 5.32. The van der Waals surface area contributed by atoms with E-state index >= 15 is 0 Å². The van der Waals surface area contributed by atoms with Crippen LogP contribution in [0.3, 0.4) is 0 Å². The molecule has 3 rings (SSSR count). The van der Waals surface area contributed by atoms with Crippen LogP contribution in [0.2, 0.25) is 0 Å². The first-order valence-electron chi connectivity index (χ1n) is 10.5. The van der Waals surface area contributed by atoms with Crippen molar-refractivity contribution in [3.8, 4) is 0 Å². The van der Waals surface area contributed by atoms with Crippen LogP contribution in [0.15, 0.2) is 24.3 Å². The van der Waals surface area contributed by atoms with Gasteiger partial charge in [0.15, 0.2) is 0 Å². The maximum Gasteiger partial charge on any atom is 0.236 e. The highest BCUT2D eigenvalue weighted by molar-refractivity contribution is 7.18. The maximum atomic E-state index is 12.8. The zero-order valence-corrected chi connectivity index (χ0v) is 19.5. The monoisotopic (exact) mass is 431 g/mol. The molecule has 0 saturated carbocycles. The second-order valence-electron chi connectivity index (χ2n) is 9.07. The Morgan fingerprint density at radius 1 is 1.20 bits per heavy atom. The van der Waals surface area contributed by atoms with Crippen LogP contribution in [0.25, 0.3) is 10.2 Å². The molecule has 1 aliphatic rings. The van der Waals surface area contributed by atoms with Gasteiger partial charge >= 0.3 is 0 Å². The highest BCUT2D eigenvalue weighted by Crippen LogP contribution is 2.28. The van der Waals surface area contributed by atoms with E-state index in [0.717, 1.165) is 23.6 Å². The zero-order chi connectivity index (χ0) is 21.9. The first-order chi connectivity index (χ1) is 14.1. The zero-order valence-electron chi connectivity index (χ0n) is 18.6. The first kappa shape index (κ1) is 22.7. The molecule has 2 amide bonds. The molecule has 1 saturated heterocycles. The summed E-state index contributed by atoms with van der Waals surface area (Å²) in [4.78, 5) is 35.7. The first-order valence-corrected chi connectivity index (χ1v) is 11.3. The number of nitrogens with one attached hydrogen (secondary N) is 1. The van der Waals surface area contributed by atoms with Crippen LogP contribution in [-0.2, 0) is 9.59 Å². The maximum absolute atomic E-state index is 12.8. The Morgan fingerprint density at radius 2 is 1.87 bits per heavy atom. The van der Waals surface area contributed by atoms with Crippen molar-refractivity contribution in [1.29, 1.82) is 0 Å². The van der Waals surface area contributed by atoms with E-state index < -0.39 is 0 Å². The Bertz CT molecular complexity index is 850. The number of rotatable bonds is 6. The van der Waals surface area contributed by atoms with Crippen molar-refractivity contribution in [3.05, 3.63) is 29.3 Å². The van der Waals surface area contributed by atoms with E-state index in [2.05, 4.69) is 28.1 Å². The number of para-hydroxylation sites is 1. The second-order valence-corrected chi connectivity index (χ2v) is 10.1. The number of likely N-dealkylation sites (N-methyl/N-ethyl adjacent to an activating group) is 1. The molecule has 1 aliphatic heterocycles. The van der Waals surface area contributed by atoms with E-state index in [9.17, 15) is 9.59 Å². The topological polar surface area (TPSA) is 68.8 Å². The molecule has 164 valence electrons. The molecule has 7 nitrogen and oxygen atoms in total. The molecule has 2 aromatic rings. The SMILES string of the molecule is C[C@H](c1nc2ccccc2s1)N(C)CC(=O)N1CCN(CC(=O)NC(C)(C)C)CC1. The summed E-state index contributed by atoms with van der Waals surface area (Å²) < 4.78 is 1.17. The molecule has 2 heterocycles. The Morgan fingerprint density at radius 3 is 2.50 bits per heavy atom. The van der Waals surface area contributed by atoms with E-state index in [1.165, 1.54) is 4.70 Å². The fourth-order valence-electron chi connectivity index (χ4n) is 3.52. The van der Waals surface area contributed by atoms with Crippen LogP contribution in [0.1, 0.15) is 38.7 Å². The molecule has 1 aromatic heterocycles. The van der Waals surface area contributed by atoms with Gasteiger partial charge in [-0.05, 0) is 46.9 Å². The van der Waals surface area contributed by atoms with Gasteiger partial charge in [0.1, 0.15) is 5.01 Å². The van der Waals surface area contributed by atoms with Crippen molar-refractivity contribution in [2.75, 3.05) is 46.3 Å². The highest BCUT2D eigenvalue weighted by Gasteiger charge is 2.26. The number of hydrogen-bond donors (Lipinski definition) is 1. The van der Waals surface area contributed by atoms with E-state index in [1.807, 2.05) is 50.9 Å². The fourth-order valence-corrected chi connectivity index (χ4v) is 4.61. The Hall–Kier alpha value is -2.03. The van der Waals surface area contributed by atoms with Crippen molar-refractivity contribution in [2.24, 2.45) is 0 Å². The second kappa shape index (κ2) is 9.41. The summed E-state index contributed by atoms with van der Waals surface area (Å²) in [5.74, 6) is 0.163. The summed E-state index contributed by atoms with van der Waals surface area (Å²) in [6.45, 7) is 11.5. The summed E-state index contributed by atoms with van der Waals surface area (Å²) in [7, 11) is 1.97. The molecule has 30 heavy (non-hydrogen) atoms. The molecule has 8 heteroatoms. The summed E-state index contributed by atoms with van der Waals surface area (Å²) in [5, 5.41) is 4.02. The molecular weight excluding hydrogens is 398 g/mol. The minimum atomic E-state index is -0.223. The van der Waals surface area contributed by atoms with E-state index in [-0.39, 0.29) is 23.4 Å². The molecule has 1 N–H and O–H groups in total. The smallest absolute Gasteiger partial charge is 0.236 e. The molecule has 0 radical (unpaired) electrons. The number of thiazole rings is 1. The lowest BCUT2D eigenvalue weighted by Crippen LogP contribution is -2.54. The quantitative estimate of drug-likeness (QED) is 0.760. The van der Waals surface area contributed by atoms with E-state index in [0.29, 0.717) is 26.2 Å². The van der Waals surface area contributed by atoms with E-state index in [1.54, 1.807) is 11.3 Å². The van der Waals surface area contributed by atoms with Gasteiger partial charge in [-0.3, -0.25) is 19.4 Å². The van der Waals surface area contributed by atoms with Gasteiger partial charge in [0.2, 0.25) is 11.8 Å². The number of hydrogen-bond acceptors (Lipinski definition) is 6. The van der Waals surface area contributed by atoms with Crippen molar-refractivity contribution < 1.29 is 9.59 Å². The third-order valence-corrected chi connectivity index (χ3v) is 6.53. The van der Waals surface area contributed by atoms with Crippen molar-refractivity contribution in [1.82, 2.24) is 25.0 Å². The number of fused-ring (bicyclic) bond motifs is 1. The largest absolute Gasteiger partial charge is 0.350 e. The summed E-state index contributed by atoms with van der Waals surface area (Å²) >= 11 is 1.68. The Balaban J connectivity index is 1.47. The van der Waals surface area contributed by atoms with E-state index in [4.69, 9.17) is 4.98 Å². The van der Waals surface area contributed by atoms with Crippen molar-refractivity contribution in [2.45, 2.75) is 39.3 Å². The third kappa shape index (κ3) is 6.00. The lowest BCUT2D eigenvalue weighted by molar-refractivity contribution is -0.134. The average Bonchev–Trinajstić information content (AvgIpc) is 3.10. The normalized spacial score (nSPS) is 16.8. The van der Waals surface area contributed by atoms with Gasteiger partial charge in [0.25, 0.3) is 0 Å². The summed E-state index contributed by atoms with van der Waals surface area (Å²) in [6.07, 6.45) is 0. The number of piperazine rings is 1. The van der Waals surface area contributed by atoms with Gasteiger partial charge in [-0.2, -0.15) is 0 Å². The van der Waals surface area contributed by atoms with Crippen LogP contribution in [0, 0.1) is 0 Å². The van der Waals surface area contributed by atoms with Gasteiger partial charge in [0.05, 0.1) is 29.3 Å².